The van der Waals surface area contributed by atoms with E-state index >= 15 is 0 Å². The summed E-state index contributed by atoms with van der Waals surface area (Å²) in [5.41, 5.74) is 1.54. The first-order chi connectivity index (χ1) is 14.0. The topological polar surface area (TPSA) is 60.0 Å². The second-order valence-corrected chi connectivity index (χ2v) is 6.73. The Bertz CT molecular complexity index is 914. The number of halogens is 2. The fourth-order valence-corrected chi connectivity index (χ4v) is 3.33. The van der Waals surface area contributed by atoms with Gasteiger partial charge < -0.3 is 24.4 Å². The Balaban J connectivity index is 1.67. The number of methoxy groups -OCH3 is 2. The lowest BCUT2D eigenvalue weighted by Gasteiger charge is -2.29. The summed E-state index contributed by atoms with van der Waals surface area (Å²) < 4.78 is 30.1. The molecule has 2 aromatic carbocycles. The van der Waals surface area contributed by atoms with E-state index < -0.39 is 5.91 Å². The van der Waals surface area contributed by atoms with Gasteiger partial charge in [0.25, 0.3) is 0 Å². The number of morpholine rings is 1. The molecule has 1 N–H and O–H groups in total. The van der Waals surface area contributed by atoms with E-state index in [4.69, 9.17) is 25.8 Å². The van der Waals surface area contributed by atoms with E-state index in [1.54, 1.807) is 30.3 Å². The van der Waals surface area contributed by atoms with Crippen LogP contribution in [-0.2, 0) is 9.53 Å². The van der Waals surface area contributed by atoms with Crippen LogP contribution in [0.4, 0.5) is 15.8 Å². The molecule has 0 radical (unpaired) electrons. The van der Waals surface area contributed by atoms with Gasteiger partial charge in [-0.05, 0) is 42.0 Å². The van der Waals surface area contributed by atoms with Crippen LogP contribution >= 0.6 is 11.6 Å². The van der Waals surface area contributed by atoms with E-state index in [0.29, 0.717) is 59.8 Å². The van der Waals surface area contributed by atoms with E-state index in [9.17, 15) is 9.18 Å². The van der Waals surface area contributed by atoms with Crippen molar-refractivity contribution in [1.29, 1.82) is 0 Å². The summed E-state index contributed by atoms with van der Waals surface area (Å²) in [6.45, 7) is 2.42. The number of benzene rings is 2. The molecular weight excluding hydrogens is 399 g/mol. The predicted molar refractivity (Wildman–Crippen MR) is 112 cm³/mol. The van der Waals surface area contributed by atoms with Crippen molar-refractivity contribution in [3.05, 3.63) is 52.8 Å². The quantitative estimate of drug-likeness (QED) is 0.716. The first kappa shape index (κ1) is 21.0. The minimum Gasteiger partial charge on any atom is -0.493 e. The van der Waals surface area contributed by atoms with Crippen molar-refractivity contribution in [3.8, 4) is 11.5 Å². The van der Waals surface area contributed by atoms with E-state index in [1.165, 1.54) is 26.4 Å². The normalized spacial score (nSPS) is 14.1. The smallest absolute Gasteiger partial charge is 0.248 e. The summed E-state index contributed by atoms with van der Waals surface area (Å²) in [4.78, 5) is 14.1. The van der Waals surface area contributed by atoms with E-state index in [0.717, 1.165) is 0 Å². The standard InChI is InChI=1S/C21H22ClFN2O4/c1-27-19-12-14(11-16(22)21(19)28-2)3-6-20(26)24-15-4-5-18(17(23)13-15)25-7-9-29-10-8-25/h3-6,11-13H,7-10H2,1-2H3,(H,24,26)/b6-3+. The number of carbonyl (C=O) groups is 1. The summed E-state index contributed by atoms with van der Waals surface area (Å²) in [6.07, 6.45) is 2.92. The fourth-order valence-electron chi connectivity index (χ4n) is 3.04. The summed E-state index contributed by atoms with van der Waals surface area (Å²) in [5.74, 6) is 0.0993. The molecule has 1 amide bonds. The summed E-state index contributed by atoms with van der Waals surface area (Å²) >= 11 is 6.16. The van der Waals surface area contributed by atoms with Crippen molar-refractivity contribution in [2.45, 2.75) is 0 Å². The Morgan fingerprint density at radius 3 is 2.62 bits per heavy atom. The van der Waals surface area contributed by atoms with Crippen molar-refractivity contribution in [2.75, 3.05) is 50.7 Å². The Kier molecular flexibility index (Phi) is 6.95. The highest BCUT2D eigenvalue weighted by Crippen LogP contribution is 2.36. The average Bonchev–Trinajstić information content (AvgIpc) is 2.72. The minimum absolute atomic E-state index is 0.368. The third-order valence-corrected chi connectivity index (χ3v) is 4.73. The molecule has 3 rings (SSSR count). The molecule has 1 aliphatic rings. The van der Waals surface area contributed by atoms with Crippen LogP contribution in [0.1, 0.15) is 5.56 Å². The Morgan fingerprint density at radius 2 is 1.97 bits per heavy atom. The lowest BCUT2D eigenvalue weighted by atomic mass is 10.2. The molecule has 0 atom stereocenters. The van der Waals surface area contributed by atoms with Gasteiger partial charge in [-0.2, -0.15) is 0 Å². The summed E-state index contributed by atoms with van der Waals surface area (Å²) in [6, 6.07) is 8.00. The molecule has 1 saturated heterocycles. The van der Waals surface area contributed by atoms with Crippen LogP contribution in [0.5, 0.6) is 11.5 Å². The Hall–Kier alpha value is -2.77. The minimum atomic E-state index is -0.394. The van der Waals surface area contributed by atoms with Crippen molar-refractivity contribution < 1.29 is 23.4 Å². The van der Waals surface area contributed by atoms with Crippen LogP contribution in [0.15, 0.2) is 36.4 Å². The zero-order valence-corrected chi connectivity index (χ0v) is 17.0. The van der Waals surface area contributed by atoms with Crippen molar-refractivity contribution in [2.24, 2.45) is 0 Å². The van der Waals surface area contributed by atoms with Crippen LogP contribution in [0.3, 0.4) is 0 Å². The molecule has 154 valence electrons. The number of ether oxygens (including phenoxy) is 3. The molecular formula is C21H22ClFN2O4. The number of hydrogen-bond donors (Lipinski definition) is 1. The highest BCUT2D eigenvalue weighted by Gasteiger charge is 2.15. The number of carbonyl (C=O) groups excluding carboxylic acids is 1. The highest BCUT2D eigenvalue weighted by molar-refractivity contribution is 6.32. The third kappa shape index (κ3) is 5.19. The molecule has 29 heavy (non-hydrogen) atoms. The average molecular weight is 421 g/mol. The van der Waals surface area contributed by atoms with Gasteiger partial charge in [0.1, 0.15) is 5.82 Å². The molecule has 2 aromatic rings. The Morgan fingerprint density at radius 1 is 1.21 bits per heavy atom. The van der Waals surface area contributed by atoms with Gasteiger partial charge in [-0.25, -0.2) is 4.39 Å². The van der Waals surface area contributed by atoms with Crippen molar-refractivity contribution in [1.82, 2.24) is 0 Å². The molecule has 1 fully saturated rings. The number of nitrogens with one attached hydrogen (secondary N) is 1. The number of amides is 1. The first-order valence-electron chi connectivity index (χ1n) is 9.04. The fraction of sp³-hybridized carbons (Fsp3) is 0.286. The summed E-state index contributed by atoms with van der Waals surface area (Å²) in [7, 11) is 3.00. The van der Waals surface area contributed by atoms with Gasteiger partial charge in [0.05, 0.1) is 38.1 Å². The SMILES string of the molecule is COc1cc(/C=C/C(=O)Nc2ccc(N3CCOCC3)c(F)c2)cc(Cl)c1OC. The molecule has 8 heteroatoms. The maximum absolute atomic E-state index is 14.4. The van der Waals surface area contributed by atoms with Gasteiger partial charge in [0.2, 0.25) is 5.91 Å². The maximum atomic E-state index is 14.4. The lowest BCUT2D eigenvalue weighted by molar-refractivity contribution is -0.111. The molecule has 0 spiro atoms. The van der Waals surface area contributed by atoms with Gasteiger partial charge in [0.15, 0.2) is 11.5 Å². The van der Waals surface area contributed by atoms with Gasteiger partial charge in [-0.3, -0.25) is 4.79 Å². The monoisotopic (exact) mass is 420 g/mol. The Labute approximate surface area is 173 Å². The number of nitrogens with zero attached hydrogens (tertiary/aromatic N) is 1. The second-order valence-electron chi connectivity index (χ2n) is 6.33. The van der Waals surface area contributed by atoms with E-state index in [-0.39, 0.29) is 5.82 Å². The first-order valence-corrected chi connectivity index (χ1v) is 9.42. The van der Waals surface area contributed by atoms with Crippen LogP contribution < -0.4 is 19.7 Å². The molecule has 0 aromatic heterocycles. The molecule has 6 nitrogen and oxygen atoms in total. The van der Waals surface area contributed by atoms with Gasteiger partial charge in [-0.15, -0.1) is 0 Å². The molecule has 0 aliphatic carbocycles. The highest BCUT2D eigenvalue weighted by atomic mass is 35.5. The lowest BCUT2D eigenvalue weighted by Crippen LogP contribution is -2.36. The predicted octanol–water partition coefficient (Wildman–Crippen LogP) is 3.98. The molecule has 1 aliphatic heterocycles. The number of hydrogen-bond acceptors (Lipinski definition) is 5. The van der Waals surface area contributed by atoms with Gasteiger partial charge >= 0.3 is 0 Å². The van der Waals surface area contributed by atoms with Crippen molar-refractivity contribution >= 4 is 35.0 Å². The maximum Gasteiger partial charge on any atom is 0.248 e. The third-order valence-electron chi connectivity index (χ3n) is 4.45. The van der Waals surface area contributed by atoms with Crippen LogP contribution in [0.2, 0.25) is 5.02 Å². The zero-order valence-electron chi connectivity index (χ0n) is 16.2. The summed E-state index contributed by atoms with van der Waals surface area (Å²) in [5, 5.41) is 3.02. The second kappa shape index (κ2) is 9.62. The van der Waals surface area contributed by atoms with Crippen LogP contribution in [0, 0.1) is 5.82 Å². The number of anilines is 2. The van der Waals surface area contributed by atoms with E-state index in [2.05, 4.69) is 5.32 Å². The van der Waals surface area contributed by atoms with Gasteiger partial charge in [0, 0.05) is 24.9 Å². The largest absolute Gasteiger partial charge is 0.493 e. The van der Waals surface area contributed by atoms with Crippen molar-refractivity contribution in [3.63, 3.8) is 0 Å². The van der Waals surface area contributed by atoms with E-state index in [1.807, 2.05) is 4.90 Å². The van der Waals surface area contributed by atoms with Crippen LogP contribution in [-0.4, -0.2) is 46.4 Å². The molecule has 0 bridgehead atoms. The zero-order chi connectivity index (χ0) is 20.8. The molecule has 0 saturated carbocycles. The van der Waals surface area contributed by atoms with Crippen LogP contribution in [0.25, 0.3) is 6.08 Å². The molecule has 0 unspecified atom stereocenters. The van der Waals surface area contributed by atoms with Gasteiger partial charge in [-0.1, -0.05) is 11.6 Å². The number of rotatable bonds is 6. The molecule has 1 heterocycles.